The Bertz CT molecular complexity index is 181. The highest BCUT2D eigenvalue weighted by molar-refractivity contribution is 4.79. The number of hydrogen-bond donors (Lipinski definition) is 0. The average molecular weight is 212 g/mol. The predicted octanol–water partition coefficient (Wildman–Crippen LogP) is 3.36. The van der Waals surface area contributed by atoms with Gasteiger partial charge in [-0.1, -0.05) is 38.5 Å². The van der Waals surface area contributed by atoms with Crippen molar-refractivity contribution in [2.45, 2.75) is 57.7 Å². The molecule has 1 saturated carbocycles. The zero-order valence-corrected chi connectivity index (χ0v) is 9.91. The topological polar surface area (TPSA) is 18.5 Å². The lowest BCUT2D eigenvalue weighted by Crippen LogP contribution is -2.22. The summed E-state index contributed by atoms with van der Waals surface area (Å²) in [4.78, 5) is 0. The summed E-state index contributed by atoms with van der Waals surface area (Å²) in [6.07, 6.45) is 11.2. The van der Waals surface area contributed by atoms with Crippen LogP contribution in [0.4, 0.5) is 0 Å². The summed E-state index contributed by atoms with van der Waals surface area (Å²) in [5, 5.41) is 0. The fraction of sp³-hybridized carbons (Fsp3) is 1.00. The Morgan fingerprint density at radius 2 is 1.60 bits per heavy atom. The first-order valence-corrected chi connectivity index (χ1v) is 6.56. The summed E-state index contributed by atoms with van der Waals surface area (Å²) < 4.78 is 11.1. The second-order valence-electron chi connectivity index (χ2n) is 5.06. The molecule has 3 atom stereocenters. The van der Waals surface area contributed by atoms with Crippen LogP contribution in [0, 0.1) is 11.8 Å². The molecule has 0 aromatic carbocycles. The molecular weight excluding hydrogens is 188 g/mol. The van der Waals surface area contributed by atoms with Crippen molar-refractivity contribution in [3.63, 3.8) is 0 Å². The molecule has 2 nitrogen and oxygen atoms in total. The monoisotopic (exact) mass is 212 g/mol. The van der Waals surface area contributed by atoms with Gasteiger partial charge in [-0.15, -0.1) is 0 Å². The van der Waals surface area contributed by atoms with Gasteiger partial charge >= 0.3 is 0 Å². The van der Waals surface area contributed by atoms with Crippen molar-refractivity contribution in [3.8, 4) is 0 Å². The van der Waals surface area contributed by atoms with Gasteiger partial charge in [-0.25, -0.2) is 0 Å². The highest BCUT2D eigenvalue weighted by Crippen LogP contribution is 2.36. The molecule has 1 aliphatic heterocycles. The molecular formula is C13H24O2. The van der Waals surface area contributed by atoms with E-state index in [1.54, 1.807) is 7.11 Å². The van der Waals surface area contributed by atoms with Crippen LogP contribution in [0.25, 0.3) is 0 Å². The van der Waals surface area contributed by atoms with Gasteiger partial charge in [0.2, 0.25) is 0 Å². The Hall–Kier alpha value is -0.0800. The first-order valence-electron chi connectivity index (χ1n) is 6.56. The van der Waals surface area contributed by atoms with Crippen molar-refractivity contribution in [2.75, 3.05) is 13.7 Å². The van der Waals surface area contributed by atoms with E-state index in [1.807, 2.05) is 0 Å². The van der Waals surface area contributed by atoms with Gasteiger partial charge in [0, 0.05) is 13.0 Å². The number of hydrogen-bond acceptors (Lipinski definition) is 2. The molecule has 0 radical (unpaired) electrons. The number of fused-ring (bicyclic) bond motifs is 1. The lowest BCUT2D eigenvalue weighted by atomic mass is 9.84. The van der Waals surface area contributed by atoms with Gasteiger partial charge in [-0.3, -0.25) is 0 Å². The maximum Gasteiger partial charge on any atom is 0.160 e. The minimum Gasteiger partial charge on any atom is -0.356 e. The molecule has 2 aliphatic rings. The minimum atomic E-state index is 0.0921. The smallest absolute Gasteiger partial charge is 0.160 e. The van der Waals surface area contributed by atoms with Crippen LogP contribution in [0.2, 0.25) is 0 Å². The average Bonchev–Trinajstić information content (AvgIpc) is 2.66. The third-order valence-electron chi connectivity index (χ3n) is 4.02. The van der Waals surface area contributed by atoms with Crippen LogP contribution in [0.1, 0.15) is 51.4 Å². The maximum absolute atomic E-state index is 5.72. The molecule has 2 fully saturated rings. The van der Waals surface area contributed by atoms with E-state index in [0.717, 1.165) is 12.5 Å². The number of methoxy groups -OCH3 is 1. The summed E-state index contributed by atoms with van der Waals surface area (Å²) in [5.41, 5.74) is 0. The molecule has 0 spiro atoms. The van der Waals surface area contributed by atoms with E-state index in [1.165, 1.54) is 51.4 Å². The van der Waals surface area contributed by atoms with Crippen molar-refractivity contribution in [2.24, 2.45) is 11.8 Å². The third-order valence-corrected chi connectivity index (χ3v) is 4.02. The molecule has 1 heterocycles. The molecule has 1 saturated heterocycles. The molecule has 2 heteroatoms. The van der Waals surface area contributed by atoms with Gasteiger partial charge in [0.15, 0.2) is 6.29 Å². The van der Waals surface area contributed by atoms with E-state index in [0.29, 0.717) is 5.92 Å². The lowest BCUT2D eigenvalue weighted by molar-refractivity contribution is -0.111. The summed E-state index contributed by atoms with van der Waals surface area (Å²) in [7, 11) is 1.78. The Labute approximate surface area is 93.3 Å². The Morgan fingerprint density at radius 3 is 2.33 bits per heavy atom. The van der Waals surface area contributed by atoms with E-state index < -0.39 is 0 Å². The highest BCUT2D eigenvalue weighted by atomic mass is 16.7. The minimum absolute atomic E-state index is 0.0921. The first-order chi connectivity index (χ1) is 7.42. The van der Waals surface area contributed by atoms with Crippen molar-refractivity contribution in [1.82, 2.24) is 0 Å². The van der Waals surface area contributed by atoms with Crippen LogP contribution in [0.5, 0.6) is 0 Å². The van der Waals surface area contributed by atoms with Crippen LogP contribution in [-0.2, 0) is 9.47 Å². The van der Waals surface area contributed by atoms with E-state index in [-0.39, 0.29) is 6.29 Å². The Morgan fingerprint density at radius 1 is 0.933 bits per heavy atom. The third kappa shape index (κ3) is 2.94. The predicted molar refractivity (Wildman–Crippen MR) is 60.7 cm³/mol. The van der Waals surface area contributed by atoms with Crippen molar-refractivity contribution in [3.05, 3.63) is 0 Å². The highest BCUT2D eigenvalue weighted by Gasteiger charge is 2.36. The molecule has 1 aliphatic carbocycles. The summed E-state index contributed by atoms with van der Waals surface area (Å²) in [6.45, 7) is 0.934. The van der Waals surface area contributed by atoms with Gasteiger partial charge in [-0.05, 0) is 18.8 Å². The summed E-state index contributed by atoms with van der Waals surface area (Å²) in [6, 6.07) is 0. The molecule has 0 amide bonds. The SMILES string of the molecule is CO[C@@H]1OC[C@@H]2CCCCCCCC[C@H]21. The fourth-order valence-electron chi connectivity index (χ4n) is 3.09. The van der Waals surface area contributed by atoms with E-state index in [2.05, 4.69) is 0 Å². The van der Waals surface area contributed by atoms with Gasteiger partial charge in [0.05, 0.1) is 6.61 Å². The summed E-state index contributed by atoms with van der Waals surface area (Å²) in [5.74, 6) is 1.45. The summed E-state index contributed by atoms with van der Waals surface area (Å²) >= 11 is 0. The van der Waals surface area contributed by atoms with Crippen LogP contribution >= 0.6 is 0 Å². The van der Waals surface area contributed by atoms with Gasteiger partial charge in [0.1, 0.15) is 0 Å². The molecule has 0 bridgehead atoms. The molecule has 0 aromatic heterocycles. The molecule has 0 N–H and O–H groups in total. The number of ether oxygens (including phenoxy) is 2. The van der Waals surface area contributed by atoms with Crippen LogP contribution in [-0.4, -0.2) is 20.0 Å². The van der Waals surface area contributed by atoms with E-state index in [9.17, 15) is 0 Å². The molecule has 0 aromatic rings. The molecule has 2 rings (SSSR count). The van der Waals surface area contributed by atoms with Gasteiger partial charge in [-0.2, -0.15) is 0 Å². The van der Waals surface area contributed by atoms with Crippen LogP contribution < -0.4 is 0 Å². The second-order valence-corrected chi connectivity index (χ2v) is 5.06. The van der Waals surface area contributed by atoms with Crippen molar-refractivity contribution in [1.29, 1.82) is 0 Å². The maximum atomic E-state index is 5.72. The largest absolute Gasteiger partial charge is 0.356 e. The van der Waals surface area contributed by atoms with E-state index >= 15 is 0 Å². The molecule has 0 unspecified atom stereocenters. The van der Waals surface area contributed by atoms with Crippen molar-refractivity contribution >= 4 is 0 Å². The molecule has 88 valence electrons. The number of rotatable bonds is 1. The lowest BCUT2D eigenvalue weighted by Gasteiger charge is -2.22. The zero-order chi connectivity index (χ0) is 10.5. The fourth-order valence-corrected chi connectivity index (χ4v) is 3.09. The molecule has 15 heavy (non-hydrogen) atoms. The van der Waals surface area contributed by atoms with Crippen LogP contribution in [0.15, 0.2) is 0 Å². The van der Waals surface area contributed by atoms with Crippen molar-refractivity contribution < 1.29 is 9.47 Å². The first kappa shape index (κ1) is 11.4. The van der Waals surface area contributed by atoms with Gasteiger partial charge < -0.3 is 9.47 Å². The second kappa shape index (κ2) is 5.86. The van der Waals surface area contributed by atoms with Crippen LogP contribution in [0.3, 0.4) is 0 Å². The van der Waals surface area contributed by atoms with E-state index in [4.69, 9.17) is 9.47 Å². The quantitative estimate of drug-likeness (QED) is 0.663. The zero-order valence-electron chi connectivity index (χ0n) is 9.91. The Kier molecular flexibility index (Phi) is 4.45. The Balaban J connectivity index is 1.90. The van der Waals surface area contributed by atoms with Gasteiger partial charge in [0.25, 0.3) is 0 Å². The standard InChI is InChI=1S/C13H24O2/c1-14-13-12-9-7-5-3-2-4-6-8-11(12)10-15-13/h11-13H,2-10H2,1H3/t11-,12+,13+/m0/s1. The normalized spacial score (nSPS) is 38.6.